The van der Waals surface area contributed by atoms with Crippen LogP contribution in [-0.4, -0.2) is 21.4 Å². The lowest BCUT2D eigenvalue weighted by atomic mass is 10.1. The lowest BCUT2D eigenvalue weighted by molar-refractivity contribution is -0.671. The maximum absolute atomic E-state index is 11.1. The Morgan fingerprint density at radius 1 is 1.00 bits per heavy atom. The van der Waals surface area contributed by atoms with Gasteiger partial charge >= 0.3 is 0 Å². The molecular formula is C12H23F2N3O4S2. The van der Waals surface area contributed by atoms with Gasteiger partial charge in [-0.2, -0.15) is 0 Å². The predicted octanol–water partition coefficient (Wildman–Crippen LogP) is 2.46. The minimum Gasteiger partial charge on any atom is -0.379 e. The van der Waals surface area contributed by atoms with Crippen LogP contribution in [0.15, 0.2) is 18.7 Å². The molecule has 0 unspecified atom stereocenters. The van der Waals surface area contributed by atoms with Gasteiger partial charge in [0, 0.05) is 0 Å². The van der Waals surface area contributed by atoms with E-state index in [2.05, 4.69) is 41.8 Å². The van der Waals surface area contributed by atoms with Gasteiger partial charge in [0.25, 0.3) is 0 Å². The minimum absolute atomic E-state index is 1.15. The van der Waals surface area contributed by atoms with Gasteiger partial charge in [-0.1, -0.05) is 32.6 Å². The molecule has 0 N–H and O–H groups in total. The molecule has 0 saturated carbocycles. The fraction of sp³-hybridized carbons (Fsp3) is 0.750. The molecule has 0 saturated heterocycles. The number of aromatic nitrogens is 2. The molecule has 0 radical (unpaired) electrons. The second kappa shape index (κ2) is 10.7. The van der Waals surface area contributed by atoms with Gasteiger partial charge in [0.1, 0.15) is 12.4 Å². The number of imidazole rings is 1. The van der Waals surface area contributed by atoms with Crippen molar-refractivity contribution in [1.29, 1.82) is 0 Å². The molecule has 0 aliphatic carbocycles. The third-order valence-electron chi connectivity index (χ3n) is 2.77. The minimum atomic E-state index is -5.62. The Balaban J connectivity index is 0.000000468. The lowest BCUT2D eigenvalue weighted by Gasteiger charge is -2.03. The largest absolute Gasteiger partial charge is 0.379 e. The second-order valence-corrected chi connectivity index (χ2v) is 7.23. The number of hydrogen-bond acceptors (Lipinski definition) is 4. The van der Waals surface area contributed by atoms with E-state index in [4.69, 9.17) is 0 Å². The van der Waals surface area contributed by atoms with Crippen LogP contribution >= 0.6 is 0 Å². The number of unbranched alkanes of at least 4 members (excludes halogenated alkanes) is 5. The van der Waals surface area contributed by atoms with Crippen LogP contribution in [0.4, 0.5) is 7.77 Å². The summed E-state index contributed by atoms with van der Waals surface area (Å²) < 4.78 is 64.4. The van der Waals surface area contributed by atoms with Crippen LogP contribution in [0.3, 0.4) is 0 Å². The van der Waals surface area contributed by atoms with E-state index in [1.165, 1.54) is 45.1 Å². The van der Waals surface area contributed by atoms with Crippen molar-refractivity contribution >= 4 is 20.8 Å². The van der Waals surface area contributed by atoms with E-state index in [9.17, 15) is 24.6 Å². The SMILES string of the molecule is CCCCCCCCn1cc[n+](C)c1.O=S(=O)(F)[N-]S(=O)(=O)F. The van der Waals surface area contributed by atoms with Gasteiger partial charge in [-0.25, -0.2) is 26.0 Å². The molecule has 0 atom stereocenters. The topological polar surface area (TPSA) is 91.2 Å². The fourth-order valence-electron chi connectivity index (χ4n) is 1.82. The molecule has 0 bridgehead atoms. The zero-order chi connectivity index (χ0) is 17.9. The molecule has 0 fully saturated rings. The predicted molar refractivity (Wildman–Crippen MR) is 82.4 cm³/mol. The molecule has 11 heteroatoms. The van der Waals surface area contributed by atoms with Crippen LogP contribution < -0.4 is 4.57 Å². The van der Waals surface area contributed by atoms with Crippen molar-refractivity contribution in [3.05, 3.63) is 22.8 Å². The van der Waals surface area contributed by atoms with Crippen molar-refractivity contribution in [3.8, 4) is 0 Å². The molecule has 0 aliphatic rings. The van der Waals surface area contributed by atoms with E-state index in [1.807, 2.05) is 0 Å². The standard InChI is InChI=1S/C12H23N2.F2NO4S2/c1-3-4-5-6-7-8-9-14-11-10-13(2)12-14;1-8(4,5)3-9(2,6)7/h10-12H,3-9H2,1-2H3;/q+1;-1. The van der Waals surface area contributed by atoms with E-state index >= 15 is 0 Å². The van der Waals surface area contributed by atoms with E-state index in [1.54, 1.807) is 0 Å². The number of nitrogens with zero attached hydrogens (tertiary/aromatic N) is 3. The third kappa shape index (κ3) is 15.6. The first-order valence-corrected chi connectivity index (χ1v) is 9.86. The molecule has 7 nitrogen and oxygen atoms in total. The summed E-state index contributed by atoms with van der Waals surface area (Å²) in [6, 6.07) is 0. The average Bonchev–Trinajstić information content (AvgIpc) is 2.76. The molecular weight excluding hydrogens is 352 g/mol. The maximum atomic E-state index is 11.1. The van der Waals surface area contributed by atoms with Crippen LogP contribution in [0.1, 0.15) is 45.4 Å². The molecule has 0 aromatic carbocycles. The molecule has 136 valence electrons. The monoisotopic (exact) mass is 375 g/mol. The third-order valence-corrected chi connectivity index (χ3v) is 4.20. The summed E-state index contributed by atoms with van der Waals surface area (Å²) in [6.07, 6.45) is 14.6. The van der Waals surface area contributed by atoms with Gasteiger partial charge in [0.05, 0.1) is 13.6 Å². The molecule has 0 aliphatic heterocycles. The summed E-state index contributed by atoms with van der Waals surface area (Å²) in [5.74, 6) is 0. The summed E-state index contributed by atoms with van der Waals surface area (Å²) in [5.41, 5.74) is 0. The van der Waals surface area contributed by atoms with E-state index < -0.39 is 20.8 Å². The Labute approximate surface area is 137 Å². The highest BCUT2D eigenvalue weighted by Gasteiger charge is 2.01. The van der Waals surface area contributed by atoms with Crippen molar-refractivity contribution in [2.75, 3.05) is 0 Å². The molecule has 1 heterocycles. The van der Waals surface area contributed by atoms with Gasteiger partial charge in [0.15, 0.2) is 0 Å². The summed E-state index contributed by atoms with van der Waals surface area (Å²) in [7, 11) is -9.17. The van der Waals surface area contributed by atoms with Gasteiger partial charge in [-0.05, 0) is 12.8 Å². The highest BCUT2D eigenvalue weighted by atomic mass is 32.3. The fourth-order valence-corrected chi connectivity index (χ4v) is 2.67. The van der Waals surface area contributed by atoms with Crippen molar-refractivity contribution in [2.45, 2.75) is 52.0 Å². The highest BCUT2D eigenvalue weighted by molar-refractivity contribution is 8.07. The molecule has 1 aromatic heterocycles. The number of hydrogen-bond donors (Lipinski definition) is 0. The Morgan fingerprint density at radius 2 is 1.52 bits per heavy atom. The number of aryl methyl sites for hydroxylation is 2. The summed E-state index contributed by atoms with van der Waals surface area (Å²) in [5, 5.41) is 0. The first-order valence-electron chi connectivity index (χ1n) is 7.18. The van der Waals surface area contributed by atoms with Crippen molar-refractivity contribution < 1.29 is 29.2 Å². The summed E-state index contributed by atoms with van der Waals surface area (Å²) in [6.45, 7) is 3.44. The first kappa shape index (κ1) is 21.9. The molecule has 0 amide bonds. The summed E-state index contributed by atoms with van der Waals surface area (Å²) in [4.78, 5) is 0. The van der Waals surface area contributed by atoms with Crippen LogP contribution in [0.5, 0.6) is 0 Å². The van der Waals surface area contributed by atoms with Gasteiger partial charge < -0.3 is 4.13 Å². The van der Waals surface area contributed by atoms with Crippen LogP contribution in [0.25, 0.3) is 4.13 Å². The van der Waals surface area contributed by atoms with Gasteiger partial charge in [0.2, 0.25) is 27.1 Å². The maximum Gasteiger partial charge on any atom is 0.243 e. The lowest BCUT2D eigenvalue weighted by Crippen LogP contribution is -2.23. The smallest absolute Gasteiger partial charge is 0.243 e. The summed E-state index contributed by atoms with van der Waals surface area (Å²) >= 11 is 0. The van der Waals surface area contributed by atoms with Crippen molar-refractivity contribution in [1.82, 2.24) is 4.57 Å². The zero-order valence-electron chi connectivity index (χ0n) is 13.2. The van der Waals surface area contributed by atoms with Crippen molar-refractivity contribution in [2.24, 2.45) is 7.05 Å². The zero-order valence-corrected chi connectivity index (χ0v) is 14.9. The number of rotatable bonds is 9. The molecule has 0 spiro atoms. The molecule has 1 aromatic rings. The Morgan fingerprint density at radius 3 is 1.91 bits per heavy atom. The quantitative estimate of drug-likeness (QED) is 0.377. The first-order chi connectivity index (χ1) is 10.5. The van der Waals surface area contributed by atoms with Gasteiger partial charge in [-0.15, -0.1) is 7.77 Å². The highest BCUT2D eigenvalue weighted by Crippen LogP contribution is 2.11. The second-order valence-electron chi connectivity index (χ2n) is 4.98. The van der Waals surface area contributed by atoms with Crippen molar-refractivity contribution in [3.63, 3.8) is 0 Å². The Bertz CT molecular complexity index is 615. The molecule has 23 heavy (non-hydrogen) atoms. The van der Waals surface area contributed by atoms with E-state index in [0.29, 0.717) is 0 Å². The van der Waals surface area contributed by atoms with Gasteiger partial charge in [-0.3, -0.25) is 0 Å². The Hall–Kier alpha value is -1.07. The Kier molecular flexibility index (Phi) is 10.2. The van der Waals surface area contributed by atoms with Crippen LogP contribution in [-0.2, 0) is 34.4 Å². The van der Waals surface area contributed by atoms with Crippen LogP contribution in [0, 0.1) is 0 Å². The van der Waals surface area contributed by atoms with Crippen LogP contribution in [0.2, 0.25) is 0 Å². The normalized spacial score (nSPS) is 11.8. The van der Waals surface area contributed by atoms with E-state index in [0.717, 1.165) is 4.13 Å². The number of halogens is 2. The molecule has 1 rings (SSSR count). The average molecular weight is 375 g/mol. The van der Waals surface area contributed by atoms with E-state index in [-0.39, 0.29) is 0 Å².